The van der Waals surface area contributed by atoms with E-state index in [2.05, 4.69) is 37.5 Å². The van der Waals surface area contributed by atoms with E-state index in [-0.39, 0.29) is 0 Å². The molecule has 1 aromatic heterocycles. The van der Waals surface area contributed by atoms with Crippen LogP contribution in [-0.4, -0.2) is 4.57 Å². The summed E-state index contributed by atoms with van der Waals surface area (Å²) in [6.07, 6.45) is 5.44. The highest BCUT2D eigenvalue weighted by Gasteiger charge is 2.37. The van der Waals surface area contributed by atoms with Gasteiger partial charge in [-0.2, -0.15) is 0 Å². The topological polar surface area (TPSA) is 4.93 Å². The van der Waals surface area contributed by atoms with Gasteiger partial charge in [-0.3, -0.25) is 0 Å². The minimum absolute atomic E-state index is 0.484. The molecule has 0 atom stereocenters. The third-order valence-corrected chi connectivity index (χ3v) is 3.69. The zero-order chi connectivity index (χ0) is 9.47. The molecule has 0 aliphatic heterocycles. The maximum atomic E-state index is 2.55. The van der Waals surface area contributed by atoms with Gasteiger partial charge in [0.2, 0.25) is 0 Å². The first-order chi connectivity index (χ1) is 6.19. The van der Waals surface area contributed by atoms with Crippen molar-refractivity contribution in [1.82, 2.24) is 4.57 Å². The predicted octanol–water partition coefficient (Wildman–Crippen LogP) is 3.39. The van der Waals surface area contributed by atoms with E-state index in [9.17, 15) is 0 Å². The van der Waals surface area contributed by atoms with Crippen LogP contribution < -0.4 is 0 Å². The molecule has 0 amide bonds. The summed E-state index contributed by atoms with van der Waals surface area (Å²) in [5.41, 5.74) is 3.34. The fourth-order valence-electron chi connectivity index (χ4n) is 2.74. The molecule has 0 bridgehead atoms. The summed E-state index contributed by atoms with van der Waals surface area (Å²) in [6, 6.07) is 4.48. The van der Waals surface area contributed by atoms with E-state index in [4.69, 9.17) is 0 Å². The average Bonchev–Trinajstić information content (AvgIpc) is 2.35. The number of nitrogens with zero attached hydrogens (tertiary/aromatic N) is 1. The summed E-state index contributed by atoms with van der Waals surface area (Å²) < 4.78 is 2.55. The van der Waals surface area contributed by atoms with Crippen molar-refractivity contribution < 1.29 is 0 Å². The van der Waals surface area contributed by atoms with Crippen molar-refractivity contribution in [3.05, 3.63) is 23.5 Å². The molecule has 0 N–H and O–H groups in total. The van der Waals surface area contributed by atoms with Gasteiger partial charge in [-0.1, -0.05) is 6.92 Å². The van der Waals surface area contributed by atoms with Gasteiger partial charge in [0, 0.05) is 16.9 Å². The third-order valence-electron chi connectivity index (χ3n) is 3.69. The maximum absolute atomic E-state index is 2.55. The summed E-state index contributed by atoms with van der Waals surface area (Å²) in [6.45, 7) is 6.77. The van der Waals surface area contributed by atoms with Crippen molar-refractivity contribution in [3.8, 4) is 0 Å². The monoisotopic (exact) mass is 177 g/mol. The molecule has 0 saturated heterocycles. The largest absolute Gasteiger partial charge is 0.343 e. The molecule has 1 aromatic rings. The molecule has 2 rings (SSSR count). The van der Waals surface area contributed by atoms with Gasteiger partial charge in [-0.25, -0.2) is 0 Å². The Morgan fingerprint density at radius 3 is 2.08 bits per heavy atom. The van der Waals surface area contributed by atoms with E-state index >= 15 is 0 Å². The molecular formula is C12H19N. The smallest absolute Gasteiger partial charge is 0.0442 e. The number of hydrogen-bond donors (Lipinski definition) is 0. The van der Waals surface area contributed by atoms with Crippen LogP contribution in [0.5, 0.6) is 0 Å². The second-order valence-corrected chi connectivity index (χ2v) is 4.38. The predicted molar refractivity (Wildman–Crippen MR) is 56.0 cm³/mol. The number of aromatic nitrogens is 1. The molecule has 1 heteroatoms. The fraction of sp³-hybridized carbons (Fsp3) is 0.667. The molecular weight excluding hydrogens is 158 g/mol. The van der Waals surface area contributed by atoms with Crippen molar-refractivity contribution in [2.75, 3.05) is 0 Å². The van der Waals surface area contributed by atoms with Gasteiger partial charge < -0.3 is 4.57 Å². The van der Waals surface area contributed by atoms with Gasteiger partial charge in [-0.05, 0) is 51.7 Å². The van der Waals surface area contributed by atoms with Crippen molar-refractivity contribution in [1.29, 1.82) is 0 Å². The van der Waals surface area contributed by atoms with Crippen LogP contribution >= 0.6 is 0 Å². The van der Waals surface area contributed by atoms with Gasteiger partial charge in [0.05, 0.1) is 0 Å². The second kappa shape index (κ2) is 2.90. The van der Waals surface area contributed by atoms with E-state index in [1.165, 1.54) is 37.1 Å². The minimum Gasteiger partial charge on any atom is -0.343 e. The van der Waals surface area contributed by atoms with E-state index in [0.29, 0.717) is 5.54 Å². The van der Waals surface area contributed by atoms with Crippen molar-refractivity contribution in [2.24, 2.45) is 0 Å². The van der Waals surface area contributed by atoms with Gasteiger partial charge >= 0.3 is 0 Å². The molecule has 1 aliphatic carbocycles. The van der Waals surface area contributed by atoms with Crippen LogP contribution in [0.3, 0.4) is 0 Å². The Morgan fingerprint density at radius 1 is 1.23 bits per heavy atom. The van der Waals surface area contributed by atoms with E-state index in [1.54, 1.807) is 0 Å². The molecule has 1 heterocycles. The average molecular weight is 177 g/mol. The van der Waals surface area contributed by atoms with Crippen LogP contribution in [0.15, 0.2) is 12.1 Å². The summed E-state index contributed by atoms with van der Waals surface area (Å²) in [5.74, 6) is 0. The summed E-state index contributed by atoms with van der Waals surface area (Å²) in [7, 11) is 0. The normalized spacial score (nSPS) is 19.9. The summed E-state index contributed by atoms with van der Waals surface area (Å²) >= 11 is 0. The Labute approximate surface area is 80.8 Å². The molecule has 0 radical (unpaired) electrons. The Balaban J connectivity index is 2.43. The molecule has 13 heavy (non-hydrogen) atoms. The molecule has 1 aliphatic rings. The third kappa shape index (κ3) is 1.13. The Bertz CT molecular complexity index is 280. The lowest BCUT2D eigenvalue weighted by atomic mass is 9.74. The van der Waals surface area contributed by atoms with Crippen molar-refractivity contribution >= 4 is 0 Å². The second-order valence-electron chi connectivity index (χ2n) is 4.38. The zero-order valence-corrected chi connectivity index (χ0v) is 8.93. The first-order valence-electron chi connectivity index (χ1n) is 5.35. The lowest BCUT2D eigenvalue weighted by molar-refractivity contribution is 0.131. The van der Waals surface area contributed by atoms with Crippen molar-refractivity contribution in [3.63, 3.8) is 0 Å². The van der Waals surface area contributed by atoms with Crippen LogP contribution in [0.2, 0.25) is 0 Å². The van der Waals surface area contributed by atoms with E-state index in [0.717, 1.165) is 0 Å². The molecule has 72 valence electrons. The SMILES string of the molecule is CCC1(n2c(C)ccc2C)CCC1. The molecule has 1 saturated carbocycles. The molecule has 0 spiro atoms. The van der Waals surface area contributed by atoms with Gasteiger partial charge in [0.1, 0.15) is 0 Å². The van der Waals surface area contributed by atoms with Gasteiger partial charge in [0.25, 0.3) is 0 Å². The van der Waals surface area contributed by atoms with Crippen LogP contribution in [0, 0.1) is 13.8 Å². The molecule has 1 fully saturated rings. The fourth-order valence-corrected chi connectivity index (χ4v) is 2.74. The number of hydrogen-bond acceptors (Lipinski definition) is 0. The Morgan fingerprint density at radius 2 is 1.77 bits per heavy atom. The molecule has 0 aromatic carbocycles. The zero-order valence-electron chi connectivity index (χ0n) is 8.93. The molecule has 0 unspecified atom stereocenters. The lowest BCUT2D eigenvalue weighted by Crippen LogP contribution is -2.41. The van der Waals surface area contributed by atoms with Crippen molar-refractivity contribution in [2.45, 2.75) is 52.0 Å². The van der Waals surface area contributed by atoms with Crippen LogP contribution in [-0.2, 0) is 5.54 Å². The Kier molecular flexibility index (Phi) is 1.98. The van der Waals surface area contributed by atoms with E-state index in [1.807, 2.05) is 0 Å². The highest BCUT2D eigenvalue weighted by molar-refractivity contribution is 5.18. The first-order valence-corrected chi connectivity index (χ1v) is 5.35. The highest BCUT2D eigenvalue weighted by atomic mass is 15.1. The minimum atomic E-state index is 0.484. The number of rotatable bonds is 2. The highest BCUT2D eigenvalue weighted by Crippen LogP contribution is 2.43. The van der Waals surface area contributed by atoms with Crippen LogP contribution in [0.25, 0.3) is 0 Å². The standard InChI is InChI=1S/C12H19N/c1-4-12(8-5-9-12)13-10(2)6-7-11(13)3/h6-7H,4-5,8-9H2,1-3H3. The molecule has 1 nitrogen and oxygen atoms in total. The first kappa shape index (κ1) is 8.86. The van der Waals surface area contributed by atoms with Crippen LogP contribution in [0.4, 0.5) is 0 Å². The van der Waals surface area contributed by atoms with E-state index < -0.39 is 0 Å². The van der Waals surface area contributed by atoms with Gasteiger partial charge in [-0.15, -0.1) is 0 Å². The number of aryl methyl sites for hydroxylation is 2. The summed E-state index contributed by atoms with van der Waals surface area (Å²) in [5, 5.41) is 0. The Hall–Kier alpha value is -0.720. The lowest BCUT2D eigenvalue weighted by Gasteiger charge is -2.44. The quantitative estimate of drug-likeness (QED) is 0.652. The van der Waals surface area contributed by atoms with Gasteiger partial charge in [0.15, 0.2) is 0 Å². The maximum Gasteiger partial charge on any atom is 0.0442 e. The van der Waals surface area contributed by atoms with Crippen LogP contribution in [0.1, 0.15) is 44.0 Å². The summed E-state index contributed by atoms with van der Waals surface area (Å²) in [4.78, 5) is 0.